The quantitative estimate of drug-likeness (QED) is 0.147. The van der Waals surface area contributed by atoms with E-state index in [4.69, 9.17) is 32.2 Å². The van der Waals surface area contributed by atoms with Crippen molar-refractivity contribution in [3.8, 4) is 11.8 Å². The average molecular weight is 596 g/mol. The Labute approximate surface area is 253 Å². The van der Waals surface area contributed by atoms with Gasteiger partial charge in [0.05, 0.1) is 16.3 Å². The molecule has 0 radical (unpaired) electrons. The Morgan fingerprint density at radius 1 is 1.10 bits per heavy atom. The molecule has 1 aliphatic rings. The molecule has 0 saturated heterocycles. The highest BCUT2D eigenvalue weighted by Gasteiger charge is 2.64. The van der Waals surface area contributed by atoms with Crippen molar-refractivity contribution in [3.63, 3.8) is 0 Å². The number of nitriles is 1. The number of aryl methyl sites for hydroxylation is 1. The number of carbonyl (C=O) groups is 2. The van der Waals surface area contributed by atoms with Crippen LogP contribution in [0.1, 0.15) is 94.8 Å². The summed E-state index contributed by atoms with van der Waals surface area (Å²) in [5.41, 5.74) is 7.27. The number of nitrogens with zero attached hydrogens (tertiary/aromatic N) is 3. The van der Waals surface area contributed by atoms with Crippen LogP contribution in [-0.2, 0) is 16.1 Å². The standard InChI is InChI=1S/C32H42ClN5O4/c1-6-41-38-23(11-7-8-13-27(35)39)12-9-10-21-14-17-26(36-20-21)28(40)37-29-31(2,3)30(32(29,4)5)42-24-16-15-22(19-34)25(33)18-24/h14-18,20,29-30H,6-13H2,1-5H3,(H2,35,39)(H,37,40)/b38-23+. The van der Waals surface area contributed by atoms with Gasteiger partial charge in [0.1, 0.15) is 30.2 Å². The molecule has 2 amide bonds. The summed E-state index contributed by atoms with van der Waals surface area (Å²) in [5, 5.41) is 16.9. The van der Waals surface area contributed by atoms with Crippen molar-refractivity contribution in [2.75, 3.05) is 6.61 Å². The van der Waals surface area contributed by atoms with Crippen molar-refractivity contribution >= 4 is 29.1 Å². The van der Waals surface area contributed by atoms with Crippen molar-refractivity contribution < 1.29 is 19.2 Å². The van der Waals surface area contributed by atoms with Crippen LogP contribution in [0.25, 0.3) is 0 Å². The maximum Gasteiger partial charge on any atom is 0.270 e. The molecule has 42 heavy (non-hydrogen) atoms. The highest BCUT2D eigenvalue weighted by atomic mass is 35.5. The fourth-order valence-corrected chi connectivity index (χ4v) is 6.22. The van der Waals surface area contributed by atoms with Gasteiger partial charge in [-0.1, -0.05) is 50.5 Å². The van der Waals surface area contributed by atoms with E-state index in [1.807, 2.05) is 13.0 Å². The normalized spacial score (nSPS) is 18.8. The molecule has 0 bridgehead atoms. The van der Waals surface area contributed by atoms with Crippen LogP contribution in [0, 0.1) is 22.2 Å². The molecule has 0 spiro atoms. The van der Waals surface area contributed by atoms with E-state index in [9.17, 15) is 9.59 Å². The predicted octanol–water partition coefficient (Wildman–Crippen LogP) is 5.98. The number of hydrogen-bond donors (Lipinski definition) is 2. The number of oxime groups is 1. The number of unbranched alkanes of at least 4 members (excludes halogenated alkanes) is 1. The Morgan fingerprint density at radius 3 is 2.38 bits per heavy atom. The first-order valence-corrected chi connectivity index (χ1v) is 14.9. The van der Waals surface area contributed by atoms with Gasteiger partial charge in [0.15, 0.2) is 0 Å². The number of nitrogens with two attached hydrogens (primary N) is 1. The van der Waals surface area contributed by atoms with E-state index in [0.717, 1.165) is 49.8 Å². The van der Waals surface area contributed by atoms with Gasteiger partial charge in [0, 0.05) is 35.6 Å². The van der Waals surface area contributed by atoms with Crippen LogP contribution < -0.4 is 15.8 Å². The third-order valence-electron chi connectivity index (χ3n) is 7.88. The van der Waals surface area contributed by atoms with E-state index in [1.54, 1.807) is 30.5 Å². The van der Waals surface area contributed by atoms with Gasteiger partial charge in [0.25, 0.3) is 5.91 Å². The summed E-state index contributed by atoms with van der Waals surface area (Å²) in [6.45, 7) is 10.7. The summed E-state index contributed by atoms with van der Waals surface area (Å²) < 4.78 is 6.31. The maximum atomic E-state index is 13.2. The van der Waals surface area contributed by atoms with Gasteiger partial charge < -0.3 is 20.6 Å². The second-order valence-electron chi connectivity index (χ2n) is 12.0. The van der Waals surface area contributed by atoms with Crippen molar-refractivity contribution in [1.29, 1.82) is 5.26 Å². The lowest BCUT2D eigenvalue weighted by molar-refractivity contribution is -0.164. The van der Waals surface area contributed by atoms with Crippen molar-refractivity contribution in [2.45, 2.75) is 91.7 Å². The smallest absolute Gasteiger partial charge is 0.270 e. The molecule has 1 saturated carbocycles. The number of halogens is 1. The lowest BCUT2D eigenvalue weighted by Crippen LogP contribution is -2.74. The summed E-state index contributed by atoms with van der Waals surface area (Å²) in [6, 6.07) is 10.6. The molecule has 1 aromatic heterocycles. The molecule has 2 aromatic rings. The number of carbonyl (C=O) groups excluding carboxylic acids is 2. The zero-order chi connectivity index (χ0) is 30.9. The third-order valence-corrected chi connectivity index (χ3v) is 8.19. The highest BCUT2D eigenvalue weighted by molar-refractivity contribution is 6.31. The van der Waals surface area contributed by atoms with Gasteiger partial charge in [0.2, 0.25) is 5.91 Å². The minimum atomic E-state index is -0.361. The molecule has 10 heteroatoms. The minimum Gasteiger partial charge on any atom is -0.489 e. The van der Waals surface area contributed by atoms with E-state index in [1.165, 1.54) is 0 Å². The molecule has 0 aliphatic heterocycles. The zero-order valence-electron chi connectivity index (χ0n) is 25.2. The molecular weight excluding hydrogens is 554 g/mol. The number of hydrogen-bond acceptors (Lipinski definition) is 7. The molecule has 3 N–H and O–H groups in total. The Hall–Kier alpha value is -3.64. The first-order chi connectivity index (χ1) is 19.9. The lowest BCUT2D eigenvalue weighted by atomic mass is 9.49. The first-order valence-electron chi connectivity index (χ1n) is 14.5. The van der Waals surface area contributed by atoms with Crippen LogP contribution in [0.2, 0.25) is 5.02 Å². The van der Waals surface area contributed by atoms with Crippen LogP contribution in [0.3, 0.4) is 0 Å². The summed E-state index contributed by atoms with van der Waals surface area (Å²) in [4.78, 5) is 33.8. The molecule has 1 aliphatic carbocycles. The fourth-order valence-electron chi connectivity index (χ4n) is 6.00. The van der Waals surface area contributed by atoms with E-state index in [-0.39, 0.29) is 34.8 Å². The molecule has 0 atom stereocenters. The van der Waals surface area contributed by atoms with E-state index in [0.29, 0.717) is 35.1 Å². The number of amides is 2. The topological polar surface area (TPSA) is 140 Å². The SMILES string of the molecule is CCO/N=C(\CCCCC(N)=O)CCCc1ccc(C(=O)NC2C(C)(C)C(Oc3ccc(C#N)c(Cl)c3)C2(C)C)nc1. The average Bonchev–Trinajstić information content (AvgIpc) is 2.95. The Balaban J connectivity index is 1.53. The van der Waals surface area contributed by atoms with Crippen LogP contribution in [0.4, 0.5) is 0 Å². The van der Waals surface area contributed by atoms with E-state index >= 15 is 0 Å². The number of ether oxygens (including phenoxy) is 1. The summed E-state index contributed by atoms with van der Waals surface area (Å²) in [5.74, 6) is 0.0768. The molecule has 3 rings (SSSR count). The fraction of sp³-hybridized carbons (Fsp3) is 0.531. The van der Waals surface area contributed by atoms with Gasteiger partial charge in [-0.05, 0) is 69.2 Å². The molecule has 1 aromatic carbocycles. The lowest BCUT2D eigenvalue weighted by Gasteiger charge is -2.63. The Bertz CT molecular complexity index is 1300. The number of benzene rings is 1. The van der Waals surface area contributed by atoms with Crippen molar-refractivity contribution in [1.82, 2.24) is 10.3 Å². The second-order valence-corrected chi connectivity index (χ2v) is 12.4. The predicted molar refractivity (Wildman–Crippen MR) is 163 cm³/mol. The van der Waals surface area contributed by atoms with Crippen LogP contribution in [0.15, 0.2) is 41.7 Å². The van der Waals surface area contributed by atoms with Gasteiger partial charge in [-0.15, -0.1) is 0 Å². The van der Waals surface area contributed by atoms with Gasteiger partial charge in [-0.2, -0.15) is 5.26 Å². The third kappa shape index (κ3) is 8.22. The van der Waals surface area contributed by atoms with Crippen molar-refractivity contribution in [3.05, 3.63) is 58.4 Å². The molecule has 9 nitrogen and oxygen atoms in total. The van der Waals surface area contributed by atoms with Gasteiger partial charge >= 0.3 is 0 Å². The Kier molecular flexibility index (Phi) is 11.3. The van der Waals surface area contributed by atoms with Gasteiger partial charge in [-0.3, -0.25) is 14.6 Å². The zero-order valence-corrected chi connectivity index (χ0v) is 26.0. The Morgan fingerprint density at radius 2 is 1.79 bits per heavy atom. The van der Waals surface area contributed by atoms with Crippen LogP contribution >= 0.6 is 11.6 Å². The number of nitrogens with one attached hydrogen (secondary N) is 1. The van der Waals surface area contributed by atoms with Crippen molar-refractivity contribution in [2.24, 2.45) is 21.7 Å². The van der Waals surface area contributed by atoms with Crippen LogP contribution in [0.5, 0.6) is 5.75 Å². The number of primary amides is 1. The first kappa shape index (κ1) is 32.9. The highest BCUT2D eigenvalue weighted by Crippen LogP contribution is 2.55. The van der Waals surface area contributed by atoms with Gasteiger partial charge in [-0.25, -0.2) is 0 Å². The monoisotopic (exact) mass is 595 g/mol. The molecular formula is C32H42ClN5O4. The number of pyridine rings is 1. The molecule has 1 heterocycles. The molecule has 226 valence electrons. The largest absolute Gasteiger partial charge is 0.489 e. The summed E-state index contributed by atoms with van der Waals surface area (Å²) in [6.07, 6.45) is 6.73. The second kappa shape index (κ2) is 14.5. The summed E-state index contributed by atoms with van der Waals surface area (Å²) in [7, 11) is 0. The number of rotatable bonds is 15. The number of aromatic nitrogens is 1. The minimum absolute atomic E-state index is 0.149. The van der Waals surface area contributed by atoms with E-state index < -0.39 is 0 Å². The maximum absolute atomic E-state index is 13.2. The summed E-state index contributed by atoms with van der Waals surface area (Å²) >= 11 is 6.20. The molecule has 1 fully saturated rings. The van der Waals surface area contributed by atoms with Crippen LogP contribution in [-0.4, -0.2) is 41.3 Å². The van der Waals surface area contributed by atoms with E-state index in [2.05, 4.69) is 49.2 Å². The molecule has 0 unspecified atom stereocenters.